The topological polar surface area (TPSA) is 29.3 Å². The van der Waals surface area contributed by atoms with E-state index in [2.05, 4.69) is 42.2 Å². The van der Waals surface area contributed by atoms with Crippen LogP contribution in [0.2, 0.25) is 0 Å². The van der Waals surface area contributed by atoms with Crippen molar-refractivity contribution in [3.05, 3.63) is 35.9 Å². The molecule has 0 radical (unpaired) electrons. The minimum atomic E-state index is 0.436. The second-order valence-corrected chi connectivity index (χ2v) is 5.86. The molecular formula is C17H28N2. The Balaban J connectivity index is 1.63. The van der Waals surface area contributed by atoms with Crippen molar-refractivity contribution in [3.63, 3.8) is 0 Å². The van der Waals surface area contributed by atoms with Gasteiger partial charge in [0.25, 0.3) is 0 Å². The van der Waals surface area contributed by atoms with Gasteiger partial charge in [0.1, 0.15) is 0 Å². The van der Waals surface area contributed by atoms with Gasteiger partial charge < -0.3 is 10.6 Å². The molecule has 2 N–H and O–H groups in total. The molecular weight excluding hydrogens is 232 g/mol. The van der Waals surface area contributed by atoms with Crippen LogP contribution in [-0.2, 0) is 6.42 Å². The Morgan fingerprint density at radius 3 is 2.74 bits per heavy atom. The van der Waals surface area contributed by atoms with Gasteiger partial charge in [0.2, 0.25) is 0 Å². The van der Waals surface area contributed by atoms with E-state index in [-0.39, 0.29) is 0 Å². The van der Waals surface area contributed by atoms with E-state index in [1.54, 1.807) is 0 Å². The Kier molecular flexibility index (Phi) is 5.87. The third-order valence-corrected chi connectivity index (χ3v) is 4.43. The van der Waals surface area contributed by atoms with E-state index >= 15 is 0 Å². The molecule has 0 amide bonds. The monoisotopic (exact) mass is 260 g/mol. The molecule has 0 aromatic heterocycles. The molecule has 0 bridgehead atoms. The summed E-state index contributed by atoms with van der Waals surface area (Å²) in [7, 11) is 0. The Morgan fingerprint density at radius 2 is 2.00 bits per heavy atom. The lowest BCUT2D eigenvalue weighted by molar-refractivity contribution is 0.150. The van der Waals surface area contributed by atoms with Crippen LogP contribution in [-0.4, -0.2) is 30.6 Å². The smallest absolute Gasteiger partial charge is 0.00914 e. The van der Waals surface area contributed by atoms with Crippen LogP contribution in [0.1, 0.15) is 38.2 Å². The molecule has 2 rings (SSSR count). The van der Waals surface area contributed by atoms with E-state index in [9.17, 15) is 0 Å². The van der Waals surface area contributed by atoms with Gasteiger partial charge in [-0.1, -0.05) is 43.7 Å². The van der Waals surface area contributed by atoms with Crippen molar-refractivity contribution in [2.45, 2.75) is 45.1 Å². The van der Waals surface area contributed by atoms with E-state index in [4.69, 9.17) is 5.73 Å². The summed E-state index contributed by atoms with van der Waals surface area (Å²) in [5.74, 6) is 0.711. The van der Waals surface area contributed by atoms with Crippen LogP contribution in [0, 0.1) is 5.92 Å². The quantitative estimate of drug-likeness (QED) is 0.797. The van der Waals surface area contributed by atoms with E-state index in [0.29, 0.717) is 12.0 Å². The number of unbranched alkanes of at least 4 members (excludes halogenated alkanes) is 1. The van der Waals surface area contributed by atoms with Crippen molar-refractivity contribution in [3.8, 4) is 0 Å². The van der Waals surface area contributed by atoms with Gasteiger partial charge in [0.15, 0.2) is 0 Å². The molecule has 1 aliphatic heterocycles. The highest BCUT2D eigenvalue weighted by Gasteiger charge is 2.24. The van der Waals surface area contributed by atoms with Gasteiger partial charge in [-0.3, -0.25) is 0 Å². The maximum Gasteiger partial charge on any atom is 0.00914 e. The van der Waals surface area contributed by atoms with Crippen LogP contribution in [0.3, 0.4) is 0 Å². The standard InChI is InChI=1S/C17H28N2/c1-2-16-14-19(13-11-17(16)18)12-7-6-10-15-8-4-3-5-9-15/h3-5,8-9,16-17H,2,6-7,10-14,18H2,1H3. The number of aryl methyl sites for hydroxylation is 1. The highest BCUT2D eigenvalue weighted by molar-refractivity contribution is 5.14. The zero-order valence-corrected chi connectivity index (χ0v) is 12.2. The summed E-state index contributed by atoms with van der Waals surface area (Å²) in [5.41, 5.74) is 7.62. The van der Waals surface area contributed by atoms with Gasteiger partial charge >= 0.3 is 0 Å². The Labute approximate surface area is 118 Å². The maximum absolute atomic E-state index is 6.16. The second-order valence-electron chi connectivity index (χ2n) is 5.86. The second kappa shape index (κ2) is 7.66. The molecule has 1 saturated heterocycles. The summed E-state index contributed by atoms with van der Waals surface area (Å²) in [4.78, 5) is 2.61. The summed E-state index contributed by atoms with van der Waals surface area (Å²) < 4.78 is 0. The molecule has 1 heterocycles. The molecule has 1 aromatic carbocycles. The molecule has 0 saturated carbocycles. The van der Waals surface area contributed by atoms with Crippen LogP contribution >= 0.6 is 0 Å². The van der Waals surface area contributed by atoms with Crippen molar-refractivity contribution >= 4 is 0 Å². The first-order valence-corrected chi connectivity index (χ1v) is 7.81. The normalized spacial score (nSPS) is 24.5. The first-order valence-electron chi connectivity index (χ1n) is 7.81. The summed E-state index contributed by atoms with van der Waals surface area (Å²) >= 11 is 0. The first-order chi connectivity index (χ1) is 9.29. The maximum atomic E-state index is 6.16. The van der Waals surface area contributed by atoms with Crippen molar-refractivity contribution in [2.24, 2.45) is 11.7 Å². The van der Waals surface area contributed by atoms with Gasteiger partial charge in [-0.05, 0) is 50.3 Å². The third kappa shape index (κ3) is 4.63. The largest absolute Gasteiger partial charge is 0.327 e. The van der Waals surface area contributed by atoms with Gasteiger partial charge in [0, 0.05) is 12.6 Å². The van der Waals surface area contributed by atoms with Crippen LogP contribution in [0.5, 0.6) is 0 Å². The molecule has 0 aliphatic carbocycles. The number of nitrogens with two attached hydrogens (primary N) is 1. The van der Waals surface area contributed by atoms with Gasteiger partial charge in [-0.15, -0.1) is 0 Å². The highest BCUT2D eigenvalue weighted by Crippen LogP contribution is 2.19. The fraction of sp³-hybridized carbons (Fsp3) is 0.647. The van der Waals surface area contributed by atoms with Crippen LogP contribution in [0.4, 0.5) is 0 Å². The van der Waals surface area contributed by atoms with Crippen LogP contribution < -0.4 is 5.73 Å². The lowest BCUT2D eigenvalue weighted by Crippen LogP contribution is -2.47. The predicted molar refractivity (Wildman–Crippen MR) is 82.2 cm³/mol. The average molecular weight is 260 g/mol. The average Bonchev–Trinajstić information content (AvgIpc) is 2.46. The molecule has 2 atom stereocenters. The molecule has 106 valence electrons. The van der Waals surface area contributed by atoms with E-state index < -0.39 is 0 Å². The Hall–Kier alpha value is -0.860. The van der Waals surface area contributed by atoms with Crippen molar-refractivity contribution in [1.82, 2.24) is 4.90 Å². The zero-order chi connectivity index (χ0) is 13.5. The van der Waals surface area contributed by atoms with E-state index in [1.807, 2.05) is 0 Å². The minimum absolute atomic E-state index is 0.436. The van der Waals surface area contributed by atoms with Crippen LogP contribution in [0.15, 0.2) is 30.3 Å². The van der Waals surface area contributed by atoms with E-state index in [1.165, 1.54) is 57.3 Å². The number of nitrogens with zero attached hydrogens (tertiary/aromatic N) is 1. The lowest BCUT2D eigenvalue weighted by atomic mass is 9.90. The Morgan fingerprint density at radius 1 is 1.21 bits per heavy atom. The number of rotatable bonds is 6. The van der Waals surface area contributed by atoms with Gasteiger partial charge in [-0.2, -0.15) is 0 Å². The molecule has 2 nitrogen and oxygen atoms in total. The fourth-order valence-corrected chi connectivity index (χ4v) is 3.07. The van der Waals surface area contributed by atoms with Crippen LogP contribution in [0.25, 0.3) is 0 Å². The van der Waals surface area contributed by atoms with Crippen molar-refractivity contribution in [2.75, 3.05) is 19.6 Å². The van der Waals surface area contributed by atoms with Crippen molar-refractivity contribution in [1.29, 1.82) is 0 Å². The number of likely N-dealkylation sites (tertiary alicyclic amines) is 1. The summed E-state index contributed by atoms with van der Waals surface area (Å²) in [5, 5.41) is 0. The highest BCUT2D eigenvalue weighted by atomic mass is 15.1. The number of piperidine rings is 1. The third-order valence-electron chi connectivity index (χ3n) is 4.43. The summed E-state index contributed by atoms with van der Waals surface area (Å²) in [6.45, 7) is 5.92. The summed E-state index contributed by atoms with van der Waals surface area (Å²) in [6, 6.07) is 11.2. The number of benzene rings is 1. The van der Waals surface area contributed by atoms with E-state index in [0.717, 1.165) is 0 Å². The fourth-order valence-electron chi connectivity index (χ4n) is 3.07. The predicted octanol–water partition coefficient (Wildman–Crippen LogP) is 3.07. The molecule has 1 aliphatic rings. The van der Waals surface area contributed by atoms with Crippen molar-refractivity contribution < 1.29 is 0 Å². The van der Waals surface area contributed by atoms with Gasteiger partial charge in [0.05, 0.1) is 0 Å². The van der Waals surface area contributed by atoms with Gasteiger partial charge in [-0.25, -0.2) is 0 Å². The zero-order valence-electron chi connectivity index (χ0n) is 12.2. The molecule has 1 aromatic rings. The molecule has 2 heteroatoms. The SMILES string of the molecule is CCC1CN(CCCCc2ccccc2)CCC1N. The minimum Gasteiger partial charge on any atom is -0.327 e. The lowest BCUT2D eigenvalue weighted by Gasteiger charge is -2.36. The first kappa shape index (κ1) is 14.5. The number of hydrogen-bond donors (Lipinski definition) is 1. The molecule has 19 heavy (non-hydrogen) atoms. The molecule has 1 fully saturated rings. The molecule has 2 unspecified atom stereocenters. The number of hydrogen-bond acceptors (Lipinski definition) is 2. The molecule has 0 spiro atoms. The summed E-state index contributed by atoms with van der Waals surface area (Å²) in [6.07, 6.45) is 6.22. The Bertz CT molecular complexity index is 350.